The second-order valence-electron chi connectivity index (χ2n) is 4.52. The largest absolute Gasteiger partial charge is 0.369 e. The van der Waals surface area contributed by atoms with Gasteiger partial charge in [-0.2, -0.15) is 5.10 Å². The minimum Gasteiger partial charge on any atom is -0.369 e. The molecule has 2 aromatic rings. The third-order valence-electron chi connectivity index (χ3n) is 2.86. The number of aromatic nitrogens is 3. The molecule has 0 saturated carbocycles. The van der Waals surface area contributed by atoms with Crippen LogP contribution in [0, 0.1) is 5.82 Å². The lowest BCUT2D eigenvalue weighted by Gasteiger charge is -2.10. The van der Waals surface area contributed by atoms with Gasteiger partial charge in [-0.25, -0.2) is 9.37 Å². The predicted molar refractivity (Wildman–Crippen MR) is 78.8 cm³/mol. The number of carbonyl (C=O) groups is 1. The molecule has 0 bridgehead atoms. The van der Waals surface area contributed by atoms with E-state index in [2.05, 4.69) is 20.7 Å². The number of anilines is 2. The van der Waals surface area contributed by atoms with Gasteiger partial charge in [-0.3, -0.25) is 9.48 Å². The summed E-state index contributed by atoms with van der Waals surface area (Å²) in [6.07, 6.45) is 5.23. The van der Waals surface area contributed by atoms with Crippen LogP contribution in [0.15, 0.2) is 24.7 Å². The lowest BCUT2D eigenvalue weighted by molar-refractivity contribution is 0.102. The van der Waals surface area contributed by atoms with E-state index < -0.39 is 11.7 Å². The highest BCUT2D eigenvalue weighted by molar-refractivity contribution is 6.07. The summed E-state index contributed by atoms with van der Waals surface area (Å²) >= 11 is 0. The Kier molecular flexibility index (Phi) is 4.86. The molecule has 2 heterocycles. The van der Waals surface area contributed by atoms with E-state index >= 15 is 0 Å². The first-order valence-electron chi connectivity index (χ1n) is 6.87. The van der Waals surface area contributed by atoms with Gasteiger partial charge in [0.15, 0.2) is 0 Å². The smallest absolute Gasteiger partial charge is 0.259 e. The molecule has 6 nitrogen and oxygen atoms in total. The fourth-order valence-corrected chi connectivity index (χ4v) is 1.80. The minimum absolute atomic E-state index is 0.174. The molecule has 112 valence electrons. The van der Waals surface area contributed by atoms with Crippen molar-refractivity contribution in [2.45, 2.75) is 26.8 Å². The van der Waals surface area contributed by atoms with Crippen LogP contribution in [0.3, 0.4) is 0 Å². The molecule has 0 aliphatic carbocycles. The number of nitrogens with one attached hydrogen (secondary N) is 2. The monoisotopic (exact) mass is 291 g/mol. The zero-order valence-electron chi connectivity index (χ0n) is 12.1. The number of hydrogen-bond acceptors (Lipinski definition) is 4. The summed E-state index contributed by atoms with van der Waals surface area (Å²) in [6, 6.07) is 1.17. The number of hydrogen-bond donors (Lipinski definition) is 2. The zero-order valence-corrected chi connectivity index (χ0v) is 12.1. The summed E-state index contributed by atoms with van der Waals surface area (Å²) in [5.74, 6) is -0.596. The first-order valence-corrected chi connectivity index (χ1v) is 6.87. The van der Waals surface area contributed by atoms with Gasteiger partial charge in [0.1, 0.15) is 11.6 Å². The van der Waals surface area contributed by atoms with Gasteiger partial charge in [-0.1, -0.05) is 6.92 Å². The zero-order chi connectivity index (χ0) is 15.2. The average Bonchev–Trinajstić information content (AvgIpc) is 2.93. The molecule has 7 heteroatoms. The number of amides is 1. The highest BCUT2D eigenvalue weighted by Crippen LogP contribution is 2.16. The molecule has 0 fully saturated rings. The SMILES string of the molecule is CCCNc1ncc(F)cc1C(=O)Nc1cnn(CC)c1. The summed E-state index contributed by atoms with van der Waals surface area (Å²) in [5, 5.41) is 9.77. The van der Waals surface area contributed by atoms with Gasteiger partial charge in [-0.15, -0.1) is 0 Å². The van der Waals surface area contributed by atoms with Crippen molar-refractivity contribution < 1.29 is 9.18 Å². The highest BCUT2D eigenvalue weighted by atomic mass is 19.1. The molecule has 1 amide bonds. The van der Waals surface area contributed by atoms with Crippen molar-refractivity contribution in [1.29, 1.82) is 0 Å². The molecular formula is C14H18FN5O. The Morgan fingerprint density at radius 1 is 1.38 bits per heavy atom. The van der Waals surface area contributed by atoms with Crippen LogP contribution < -0.4 is 10.6 Å². The van der Waals surface area contributed by atoms with Crippen molar-refractivity contribution in [3.63, 3.8) is 0 Å². The molecule has 21 heavy (non-hydrogen) atoms. The quantitative estimate of drug-likeness (QED) is 0.858. The van der Waals surface area contributed by atoms with Gasteiger partial charge in [0.25, 0.3) is 5.91 Å². The first-order chi connectivity index (χ1) is 10.1. The van der Waals surface area contributed by atoms with Crippen molar-refractivity contribution in [2.75, 3.05) is 17.2 Å². The van der Waals surface area contributed by atoms with Gasteiger partial charge >= 0.3 is 0 Å². The number of rotatable bonds is 6. The van der Waals surface area contributed by atoms with Gasteiger partial charge < -0.3 is 10.6 Å². The third-order valence-corrected chi connectivity index (χ3v) is 2.86. The van der Waals surface area contributed by atoms with Crippen LogP contribution >= 0.6 is 0 Å². The maximum absolute atomic E-state index is 13.3. The van der Waals surface area contributed by atoms with Crippen LogP contribution in [-0.2, 0) is 6.54 Å². The third kappa shape index (κ3) is 3.77. The Bertz CT molecular complexity index is 626. The van der Waals surface area contributed by atoms with Crippen LogP contribution in [0.1, 0.15) is 30.6 Å². The predicted octanol–water partition coefficient (Wildman–Crippen LogP) is 2.51. The van der Waals surface area contributed by atoms with E-state index in [0.717, 1.165) is 12.6 Å². The first kappa shape index (κ1) is 15.0. The number of nitrogens with zero attached hydrogens (tertiary/aromatic N) is 3. The summed E-state index contributed by atoms with van der Waals surface area (Å²) in [6.45, 7) is 5.31. The molecule has 0 saturated heterocycles. The topological polar surface area (TPSA) is 71.8 Å². The van der Waals surface area contributed by atoms with Crippen molar-refractivity contribution in [3.8, 4) is 0 Å². The van der Waals surface area contributed by atoms with Crippen LogP contribution in [0.2, 0.25) is 0 Å². The fraction of sp³-hybridized carbons (Fsp3) is 0.357. The Balaban J connectivity index is 2.18. The molecule has 0 spiro atoms. The number of pyridine rings is 1. The van der Waals surface area contributed by atoms with E-state index in [4.69, 9.17) is 0 Å². The Hall–Kier alpha value is -2.44. The van der Waals surface area contributed by atoms with Crippen molar-refractivity contribution >= 4 is 17.4 Å². The van der Waals surface area contributed by atoms with E-state index in [1.807, 2.05) is 13.8 Å². The summed E-state index contributed by atoms with van der Waals surface area (Å²) in [5.41, 5.74) is 0.736. The Labute approximate surface area is 122 Å². The lowest BCUT2D eigenvalue weighted by Crippen LogP contribution is -2.16. The molecule has 2 N–H and O–H groups in total. The highest BCUT2D eigenvalue weighted by Gasteiger charge is 2.14. The van der Waals surface area contributed by atoms with Crippen LogP contribution in [-0.4, -0.2) is 27.2 Å². The second kappa shape index (κ2) is 6.83. The molecule has 0 atom stereocenters. The molecule has 2 rings (SSSR count). The van der Waals surface area contributed by atoms with Crippen LogP contribution in [0.25, 0.3) is 0 Å². The maximum Gasteiger partial charge on any atom is 0.259 e. The van der Waals surface area contributed by atoms with Gasteiger partial charge in [0, 0.05) is 19.3 Å². The van der Waals surface area contributed by atoms with Crippen molar-refractivity contribution in [3.05, 3.63) is 36.0 Å². The van der Waals surface area contributed by atoms with Gasteiger partial charge in [-0.05, 0) is 19.4 Å². The van der Waals surface area contributed by atoms with E-state index in [1.54, 1.807) is 17.1 Å². The second-order valence-corrected chi connectivity index (χ2v) is 4.52. The lowest BCUT2D eigenvalue weighted by atomic mass is 10.2. The molecule has 0 aliphatic rings. The van der Waals surface area contributed by atoms with E-state index in [1.165, 1.54) is 6.07 Å². The molecule has 2 aromatic heterocycles. The summed E-state index contributed by atoms with van der Waals surface area (Å²) < 4.78 is 15.0. The number of halogens is 1. The normalized spacial score (nSPS) is 10.4. The van der Waals surface area contributed by atoms with E-state index in [9.17, 15) is 9.18 Å². The van der Waals surface area contributed by atoms with Crippen molar-refractivity contribution in [2.24, 2.45) is 0 Å². The maximum atomic E-state index is 13.3. The van der Waals surface area contributed by atoms with Gasteiger partial charge in [0.05, 0.1) is 23.6 Å². The summed E-state index contributed by atoms with van der Waals surface area (Å²) in [7, 11) is 0. The molecule has 0 aromatic carbocycles. The Morgan fingerprint density at radius 2 is 2.19 bits per heavy atom. The fourth-order valence-electron chi connectivity index (χ4n) is 1.80. The average molecular weight is 291 g/mol. The molecular weight excluding hydrogens is 273 g/mol. The van der Waals surface area contributed by atoms with E-state index in [-0.39, 0.29) is 5.56 Å². The van der Waals surface area contributed by atoms with E-state index in [0.29, 0.717) is 24.6 Å². The van der Waals surface area contributed by atoms with Crippen molar-refractivity contribution in [1.82, 2.24) is 14.8 Å². The number of aryl methyl sites for hydroxylation is 1. The number of carbonyl (C=O) groups excluding carboxylic acids is 1. The minimum atomic E-state index is -0.550. The molecule has 0 radical (unpaired) electrons. The van der Waals surface area contributed by atoms with Crippen LogP contribution in [0.5, 0.6) is 0 Å². The summed E-state index contributed by atoms with van der Waals surface area (Å²) in [4.78, 5) is 16.2. The van der Waals surface area contributed by atoms with Crippen LogP contribution in [0.4, 0.5) is 15.9 Å². The standard InChI is InChI=1S/C14H18FN5O/c1-3-5-16-13-12(6-10(15)7-17-13)14(21)19-11-8-18-20(4-2)9-11/h6-9H,3-5H2,1-2H3,(H,16,17)(H,19,21). The van der Waals surface area contributed by atoms with Gasteiger partial charge in [0.2, 0.25) is 0 Å². The Morgan fingerprint density at radius 3 is 2.86 bits per heavy atom. The molecule has 0 unspecified atom stereocenters. The molecule has 0 aliphatic heterocycles.